The van der Waals surface area contributed by atoms with E-state index in [9.17, 15) is 4.39 Å². The lowest BCUT2D eigenvalue weighted by atomic mass is 9.69. The molecule has 2 saturated carbocycles. The fraction of sp³-hybridized carbons (Fsp3) is 0.714. The van der Waals surface area contributed by atoms with Crippen molar-refractivity contribution >= 4 is 0 Å². The van der Waals surface area contributed by atoms with Crippen molar-refractivity contribution in [1.82, 2.24) is 0 Å². The zero-order valence-corrected chi connectivity index (χ0v) is 14.3. The number of halogens is 1. The summed E-state index contributed by atoms with van der Waals surface area (Å²) >= 11 is 0. The zero-order valence-electron chi connectivity index (χ0n) is 14.3. The van der Waals surface area contributed by atoms with Crippen LogP contribution in [-0.4, -0.2) is 0 Å². The Hall–Kier alpha value is -0.850. The summed E-state index contributed by atoms with van der Waals surface area (Å²) in [4.78, 5) is 0. The quantitative estimate of drug-likeness (QED) is 0.464. The maximum Gasteiger partial charge on any atom is 0.122 e. The minimum absolute atomic E-state index is 0.264. The van der Waals surface area contributed by atoms with Crippen molar-refractivity contribution < 1.29 is 4.39 Å². The van der Waals surface area contributed by atoms with Gasteiger partial charge in [0.2, 0.25) is 0 Å². The summed E-state index contributed by atoms with van der Waals surface area (Å²) in [6, 6.07) is 0. The lowest BCUT2D eigenvalue weighted by Crippen LogP contribution is -2.25. The van der Waals surface area contributed by atoms with Gasteiger partial charge in [-0.05, 0) is 74.3 Å². The molecule has 2 aliphatic carbocycles. The second kappa shape index (κ2) is 8.70. The van der Waals surface area contributed by atoms with E-state index in [4.69, 9.17) is 0 Å². The Bertz CT molecular complexity index is 390. The maximum absolute atomic E-state index is 13.1. The van der Waals surface area contributed by atoms with Gasteiger partial charge in [0.15, 0.2) is 0 Å². The van der Waals surface area contributed by atoms with Gasteiger partial charge in [0.05, 0.1) is 0 Å². The van der Waals surface area contributed by atoms with Crippen LogP contribution in [0.5, 0.6) is 0 Å². The van der Waals surface area contributed by atoms with Crippen molar-refractivity contribution in [3.8, 4) is 0 Å². The lowest BCUT2D eigenvalue weighted by molar-refractivity contribution is 0.148. The predicted molar refractivity (Wildman–Crippen MR) is 94.3 cm³/mol. The number of hydrogen-bond donors (Lipinski definition) is 0. The lowest BCUT2D eigenvalue weighted by Gasteiger charge is -2.37. The highest BCUT2D eigenvalue weighted by Gasteiger charge is 2.29. The fourth-order valence-corrected chi connectivity index (χ4v) is 4.42. The molecule has 2 fully saturated rings. The molecule has 0 aromatic heterocycles. The van der Waals surface area contributed by atoms with Gasteiger partial charge in [-0.2, -0.15) is 0 Å². The first-order valence-electron chi connectivity index (χ1n) is 9.26. The average molecular weight is 304 g/mol. The second-order valence-electron chi connectivity index (χ2n) is 7.73. The van der Waals surface area contributed by atoms with E-state index in [1.165, 1.54) is 69.9 Å². The summed E-state index contributed by atoms with van der Waals surface area (Å²) in [5, 5.41) is 0. The van der Waals surface area contributed by atoms with Crippen LogP contribution in [0.15, 0.2) is 36.7 Å². The van der Waals surface area contributed by atoms with Gasteiger partial charge < -0.3 is 0 Å². The van der Waals surface area contributed by atoms with Crippen LogP contribution in [0.4, 0.5) is 4.39 Å². The first-order chi connectivity index (χ1) is 10.6. The molecule has 2 rings (SSSR count). The predicted octanol–water partition coefficient (Wildman–Crippen LogP) is 6.99. The van der Waals surface area contributed by atoms with Crippen molar-refractivity contribution in [1.29, 1.82) is 0 Å². The summed E-state index contributed by atoms with van der Waals surface area (Å²) < 4.78 is 13.1. The van der Waals surface area contributed by atoms with Crippen LogP contribution < -0.4 is 0 Å². The smallest absolute Gasteiger partial charge is 0.122 e. The molecule has 0 aliphatic heterocycles. The van der Waals surface area contributed by atoms with Crippen LogP contribution in [0.1, 0.15) is 71.1 Å². The molecule has 0 N–H and O–H groups in total. The Balaban J connectivity index is 1.67. The van der Waals surface area contributed by atoms with E-state index in [-0.39, 0.29) is 5.83 Å². The number of hydrogen-bond acceptors (Lipinski definition) is 0. The molecule has 0 aromatic rings. The minimum Gasteiger partial charge on any atom is -0.207 e. The monoisotopic (exact) mass is 304 g/mol. The molecule has 0 spiro atoms. The highest BCUT2D eigenvalue weighted by atomic mass is 19.1. The van der Waals surface area contributed by atoms with Crippen LogP contribution in [-0.2, 0) is 0 Å². The van der Waals surface area contributed by atoms with Crippen LogP contribution >= 0.6 is 0 Å². The van der Waals surface area contributed by atoms with Crippen molar-refractivity contribution in [3.63, 3.8) is 0 Å². The van der Waals surface area contributed by atoms with Gasteiger partial charge in [0.1, 0.15) is 5.83 Å². The Labute approximate surface area is 136 Å². The van der Waals surface area contributed by atoms with E-state index in [1.807, 2.05) is 0 Å². The van der Waals surface area contributed by atoms with Crippen molar-refractivity contribution in [3.05, 3.63) is 36.7 Å². The van der Waals surface area contributed by atoms with Crippen molar-refractivity contribution in [2.24, 2.45) is 23.7 Å². The van der Waals surface area contributed by atoms with E-state index >= 15 is 0 Å². The van der Waals surface area contributed by atoms with Crippen molar-refractivity contribution in [2.45, 2.75) is 71.1 Å². The molecular formula is C21H33F. The van der Waals surface area contributed by atoms with Gasteiger partial charge in [-0.25, -0.2) is 4.39 Å². The Morgan fingerprint density at radius 2 is 1.55 bits per heavy atom. The summed E-state index contributed by atoms with van der Waals surface area (Å²) in [5.41, 5.74) is 0.904. The summed E-state index contributed by atoms with van der Waals surface area (Å²) in [6.45, 7) is 9.80. The highest BCUT2D eigenvalue weighted by molar-refractivity contribution is 5.22. The molecule has 22 heavy (non-hydrogen) atoms. The van der Waals surface area contributed by atoms with Crippen LogP contribution in [0.25, 0.3) is 0 Å². The Morgan fingerprint density at radius 1 is 1.00 bits per heavy atom. The first-order valence-corrected chi connectivity index (χ1v) is 9.26. The van der Waals surface area contributed by atoms with Gasteiger partial charge in [0.25, 0.3) is 0 Å². The summed E-state index contributed by atoms with van der Waals surface area (Å²) in [7, 11) is 0. The highest BCUT2D eigenvalue weighted by Crippen LogP contribution is 2.42. The largest absolute Gasteiger partial charge is 0.207 e. The topological polar surface area (TPSA) is 0 Å². The molecule has 0 amide bonds. The molecule has 0 unspecified atom stereocenters. The molecular weight excluding hydrogens is 271 g/mol. The standard InChI is InChI=1S/C21H33F/c1-4-21(22)15-17(3)5-8-18-9-13-20(14-10-18)19-11-6-16(2)7-12-19/h4,15-16,18-20H,1,3,5-14H2,2H3/b21-15+. The van der Waals surface area contributed by atoms with Crippen LogP contribution in [0, 0.1) is 23.7 Å². The molecule has 0 saturated heterocycles. The van der Waals surface area contributed by atoms with E-state index in [2.05, 4.69) is 20.1 Å². The van der Waals surface area contributed by atoms with Crippen LogP contribution in [0.3, 0.4) is 0 Å². The van der Waals surface area contributed by atoms with Gasteiger partial charge in [0, 0.05) is 0 Å². The van der Waals surface area contributed by atoms with Gasteiger partial charge in [-0.1, -0.05) is 51.3 Å². The third-order valence-electron chi connectivity index (χ3n) is 6.03. The molecule has 0 bridgehead atoms. The summed E-state index contributed by atoms with van der Waals surface area (Å²) in [5.74, 6) is 3.53. The van der Waals surface area contributed by atoms with Crippen molar-refractivity contribution in [2.75, 3.05) is 0 Å². The van der Waals surface area contributed by atoms with Gasteiger partial charge >= 0.3 is 0 Å². The van der Waals surface area contributed by atoms with Gasteiger partial charge in [-0.3, -0.25) is 0 Å². The maximum atomic E-state index is 13.1. The van der Waals surface area contributed by atoms with Gasteiger partial charge in [-0.15, -0.1) is 0 Å². The second-order valence-corrected chi connectivity index (χ2v) is 7.73. The SMILES string of the molecule is C=C/C(F)=C\C(=C)CCC1CCC(C2CCC(C)CC2)CC1. The first kappa shape index (κ1) is 17.5. The summed E-state index contributed by atoms with van der Waals surface area (Å²) in [6.07, 6.45) is 16.3. The number of rotatable bonds is 6. The fourth-order valence-electron chi connectivity index (χ4n) is 4.42. The third-order valence-corrected chi connectivity index (χ3v) is 6.03. The molecule has 0 heterocycles. The van der Waals surface area contributed by atoms with Crippen LogP contribution in [0.2, 0.25) is 0 Å². The molecule has 0 radical (unpaired) electrons. The molecule has 0 nitrogen and oxygen atoms in total. The Morgan fingerprint density at radius 3 is 2.09 bits per heavy atom. The third kappa shape index (κ3) is 5.41. The minimum atomic E-state index is -0.264. The van der Waals surface area contributed by atoms with E-state index in [0.29, 0.717) is 0 Å². The molecule has 2 aliphatic rings. The molecule has 0 atom stereocenters. The molecule has 0 aromatic carbocycles. The molecule has 124 valence electrons. The van der Waals surface area contributed by atoms with E-state index < -0.39 is 0 Å². The normalized spacial score (nSPS) is 33.5. The Kier molecular flexibility index (Phi) is 6.92. The average Bonchev–Trinajstić information content (AvgIpc) is 2.54. The molecule has 1 heteroatoms. The zero-order chi connectivity index (χ0) is 15.9. The van der Waals surface area contributed by atoms with E-state index in [1.54, 1.807) is 0 Å². The number of allylic oxidation sites excluding steroid dienone is 4. The van der Waals surface area contributed by atoms with E-state index in [0.717, 1.165) is 35.7 Å².